The first-order chi connectivity index (χ1) is 61.9. The van der Waals surface area contributed by atoms with Gasteiger partial charge in [-0.2, -0.15) is 0 Å². The minimum absolute atomic E-state index is 0.101. The van der Waals surface area contributed by atoms with Crippen LogP contribution in [0.4, 0.5) is 68.5 Å². The molecule has 0 saturated carbocycles. The van der Waals surface area contributed by atoms with Gasteiger partial charge < -0.3 is 20.4 Å². The number of hydrogen-bond acceptors (Lipinski definition) is 6. The summed E-state index contributed by atoms with van der Waals surface area (Å²) >= 11 is -1.96. The molecule has 6 nitrogen and oxygen atoms in total. The summed E-state index contributed by atoms with van der Waals surface area (Å²) in [5, 5.41) is 41.2. The number of rotatable bonds is 10. The van der Waals surface area contributed by atoms with Gasteiger partial charge in [0.05, 0.1) is 0 Å². The molecule has 0 aromatic heterocycles. The van der Waals surface area contributed by atoms with Gasteiger partial charge in [0.15, 0.2) is 46.3 Å². The van der Waals surface area contributed by atoms with Crippen LogP contribution in [0.15, 0.2) is 134 Å². The van der Waals surface area contributed by atoms with Crippen molar-refractivity contribution in [2.45, 2.75) is 238 Å². The summed E-state index contributed by atoms with van der Waals surface area (Å²) in [7, 11) is 0. The third-order valence-corrected chi connectivity index (χ3v) is 31.0. The molecule has 4 aliphatic carbocycles. The number of nitrogens with zero attached hydrogens (tertiary/aromatic N) is 2. The summed E-state index contributed by atoms with van der Waals surface area (Å²) in [6.45, 7) is 33.9. The van der Waals surface area contributed by atoms with E-state index in [0.29, 0.717) is 55.6 Å². The number of hydrogen-bond donors (Lipinski definition) is 4. The van der Waals surface area contributed by atoms with Gasteiger partial charge in [-0.05, 0) is 368 Å². The Hall–Kier alpha value is -10.4. The van der Waals surface area contributed by atoms with E-state index < -0.39 is 111 Å². The maximum absolute atomic E-state index is 14.5. The number of benzene rings is 12. The average molecular weight is 1970 g/mol. The van der Waals surface area contributed by atoms with Crippen LogP contribution in [0.2, 0.25) is 0 Å². The molecular weight excluding hydrogens is 1850 g/mol. The van der Waals surface area contributed by atoms with E-state index in [1.165, 1.54) is 58.8 Å². The van der Waals surface area contributed by atoms with Crippen molar-refractivity contribution < 1.29 is 113 Å². The van der Waals surface area contributed by atoms with Crippen molar-refractivity contribution in [3.63, 3.8) is 0 Å². The van der Waals surface area contributed by atoms with Crippen LogP contribution < -0.4 is 0 Å². The van der Waals surface area contributed by atoms with Crippen LogP contribution in [0.1, 0.15) is 213 Å². The molecule has 0 unspecified atom stereocenters. The fourth-order valence-electron chi connectivity index (χ4n) is 17.9. The van der Waals surface area contributed by atoms with Gasteiger partial charge in [0.2, 0.25) is 0 Å². The van der Waals surface area contributed by atoms with Crippen LogP contribution in [0.25, 0.3) is 44.5 Å². The van der Waals surface area contributed by atoms with E-state index in [2.05, 4.69) is 84.1 Å². The van der Waals surface area contributed by atoms with E-state index in [-0.39, 0.29) is 40.2 Å². The van der Waals surface area contributed by atoms with Crippen LogP contribution in [-0.2, 0) is 98.0 Å². The topological polar surface area (TPSA) is 106 Å². The molecule has 12 aromatic rings. The molecule has 131 heavy (non-hydrogen) atoms. The van der Waals surface area contributed by atoms with Crippen LogP contribution in [0, 0.1) is 173 Å². The van der Waals surface area contributed by atoms with E-state index in [1.54, 1.807) is 71.9 Å². The van der Waals surface area contributed by atoms with Crippen LogP contribution in [-0.4, -0.2) is 29.2 Å². The fraction of sp³-hybridized carbons (Fsp3) is 0.327. The number of halogens is 13. The second-order valence-electron chi connectivity index (χ2n) is 35.9. The first-order valence-electron chi connectivity index (χ1n) is 44.2. The second kappa shape index (κ2) is 43.1. The van der Waals surface area contributed by atoms with Gasteiger partial charge >= 0.3 is 268 Å². The summed E-state index contributed by atoms with van der Waals surface area (Å²) in [4.78, 5) is 0. The molecular formula is C110H113F13Mo2N2O4. The third kappa shape index (κ3) is 22.1. The summed E-state index contributed by atoms with van der Waals surface area (Å²) in [6, 6.07) is 38.1. The van der Waals surface area contributed by atoms with Crippen molar-refractivity contribution in [2.75, 3.05) is 0 Å². The molecule has 12 aromatic carbocycles. The van der Waals surface area contributed by atoms with E-state index in [9.17, 15) is 77.5 Å². The molecule has 0 radical (unpaired) electrons. The summed E-state index contributed by atoms with van der Waals surface area (Å²) in [5.74, 6) is -15.1. The molecule has 0 fully saturated rings. The monoisotopic (exact) mass is 1970 g/mol. The standard InChI is InChI=1S/2C21H22F2O.2C17H18F2O.2C10H12.C8H9N.C6F5N.2Mo/c2*1-12-17(22)10-13-6-2-4-8-15(13)19(12)20-16-9-5-3-7-14(16)11-18(23)21(20)24;2*1-8-6-13(18)12(5)15(10(8)3)16-11(4)9(2)7-14(19)17(16)20;2*1-10(2,3)9-7-5-4-6-8-9;1-6-4-3-5-7(2)8(6)9;7-1-2(8)4(10)6(12)5(11)3(1)9;;/h2*10-11,24H,2-9H2,1H3;2*6-7,20H,1-5H3;2*1,4-8H,2-3H3;3-5H,1-2H3;;;. The van der Waals surface area contributed by atoms with Gasteiger partial charge in [-0.1, -0.05) is 0 Å². The molecule has 4 N–H and O–H groups in total. The second-order valence-corrected chi connectivity index (χ2v) is 39.0. The Kier molecular flexibility index (Phi) is 33.3. The first kappa shape index (κ1) is 101. The minimum atomic E-state index is -2.17. The molecule has 0 heterocycles. The van der Waals surface area contributed by atoms with Gasteiger partial charge in [0, 0.05) is 22.3 Å². The molecule has 0 spiro atoms. The van der Waals surface area contributed by atoms with Crippen LogP contribution in [0.5, 0.6) is 23.0 Å². The number of fused-ring (bicyclic) bond motifs is 4. The molecule has 0 atom stereocenters. The Morgan fingerprint density at radius 3 is 0.824 bits per heavy atom. The summed E-state index contributed by atoms with van der Waals surface area (Å²) in [6.07, 6.45) is 15.1. The van der Waals surface area contributed by atoms with Gasteiger partial charge in [0.25, 0.3) is 0 Å². The van der Waals surface area contributed by atoms with E-state index in [1.807, 2.05) is 71.9 Å². The molecule has 4 aliphatic rings. The Balaban J connectivity index is 0.000000152. The van der Waals surface area contributed by atoms with Gasteiger partial charge in [-0.25, -0.2) is 35.1 Å². The van der Waals surface area contributed by atoms with Crippen molar-refractivity contribution >= 4 is 20.2 Å². The number of aromatic hydroxyl groups is 4. The molecule has 0 aliphatic heterocycles. The van der Waals surface area contributed by atoms with E-state index in [4.69, 9.17) is 3.50 Å². The van der Waals surface area contributed by atoms with Gasteiger partial charge in [0.1, 0.15) is 23.3 Å². The SMILES string of the molecule is CC(C)([CH]=[Mo]=[N]c1c(F)c(F)c(F)c(F)c1F)c1ccccc1.Cc1c(F)cc2c(c1-c1c(O)c(F)cc3c1CCCC3)CCCC2.Cc1c(F)cc2c(c1-c1c(O)c(F)cc3c1CCCC3)CCCC2.Cc1cc(F)c(C)c(-c2c(C)c(C)cc(F)c2O)c1C.Cc1cc(F)c(C)c(-c2c(C)c(C)cc(F)c2O)c1C.Cc1cccc(C)c1[N]=[Mo]=[CH]C(C)(C)c1ccccc1. The van der Waals surface area contributed by atoms with Crippen LogP contribution >= 0.6 is 0 Å². The molecule has 21 heteroatoms. The Bertz CT molecular complexity index is 5850. The molecule has 16 rings (SSSR count). The predicted octanol–water partition coefficient (Wildman–Crippen LogP) is 30.6. The van der Waals surface area contributed by atoms with Gasteiger partial charge in [-0.15, -0.1) is 0 Å². The molecule has 690 valence electrons. The Labute approximate surface area is 777 Å². The van der Waals surface area contributed by atoms with Crippen molar-refractivity contribution in [1.29, 1.82) is 0 Å². The first-order valence-corrected chi connectivity index (χ1v) is 48.3. The summed E-state index contributed by atoms with van der Waals surface area (Å²) in [5.41, 5.74) is 25.6. The number of phenols is 4. The fourth-order valence-corrected chi connectivity index (χ4v) is 21.7. The van der Waals surface area contributed by atoms with Crippen molar-refractivity contribution in [3.8, 4) is 67.5 Å². The molecule has 0 bridgehead atoms. The molecule has 0 saturated heterocycles. The Morgan fingerprint density at radius 2 is 0.496 bits per heavy atom. The Morgan fingerprint density at radius 1 is 0.252 bits per heavy atom. The zero-order valence-corrected chi connectivity index (χ0v) is 81.5. The third-order valence-electron chi connectivity index (χ3n) is 26.1. The zero-order valence-electron chi connectivity index (χ0n) is 77.5. The number of phenolic OH excluding ortho intramolecular Hbond substituents is 4. The van der Waals surface area contributed by atoms with Crippen LogP contribution in [0.3, 0.4) is 0 Å². The van der Waals surface area contributed by atoms with E-state index in [0.717, 1.165) is 208 Å². The van der Waals surface area contributed by atoms with Crippen molar-refractivity contribution in [3.05, 3.63) is 337 Å². The quantitative estimate of drug-likeness (QED) is 0.0474. The number of aryl methyl sites for hydroxylation is 10. The van der Waals surface area contributed by atoms with E-state index >= 15 is 0 Å². The van der Waals surface area contributed by atoms with Crippen molar-refractivity contribution in [2.24, 2.45) is 6.99 Å². The normalized spacial score (nSPS) is 13.1. The summed E-state index contributed by atoms with van der Waals surface area (Å²) < 4.78 is 192. The maximum atomic E-state index is 14.5. The predicted molar refractivity (Wildman–Crippen MR) is 495 cm³/mol. The van der Waals surface area contributed by atoms with Gasteiger partial charge in [-0.3, -0.25) is 0 Å². The average Bonchev–Trinajstić information content (AvgIpc) is 0.713. The molecule has 0 amide bonds. The van der Waals surface area contributed by atoms with Crippen molar-refractivity contribution in [1.82, 2.24) is 0 Å². The zero-order chi connectivity index (χ0) is 95.9.